The number of phenolic OH excluding ortho intramolecular Hbond substituents is 1. The summed E-state index contributed by atoms with van der Waals surface area (Å²) in [5.74, 6) is -5.49. The van der Waals surface area contributed by atoms with Gasteiger partial charge >= 0.3 is 12.1 Å². The zero-order chi connectivity index (χ0) is 29.7. The van der Waals surface area contributed by atoms with Crippen LogP contribution in [0.4, 0.5) is 18.9 Å². The van der Waals surface area contributed by atoms with Crippen molar-refractivity contribution in [1.82, 2.24) is 5.32 Å². The molecular formula is C31H29F3N2O5. The number of alkyl halides is 3. The van der Waals surface area contributed by atoms with E-state index in [9.17, 15) is 37.8 Å². The number of nitrogens with zero attached hydrogens (tertiary/aromatic N) is 1. The first-order valence-corrected chi connectivity index (χ1v) is 13.4. The molecule has 4 unspecified atom stereocenters. The van der Waals surface area contributed by atoms with Gasteiger partial charge in [0.1, 0.15) is 11.3 Å². The minimum atomic E-state index is -4.67. The van der Waals surface area contributed by atoms with Crippen LogP contribution in [0, 0.1) is 11.8 Å². The molecule has 2 saturated heterocycles. The molecule has 5 rings (SSSR count). The summed E-state index contributed by atoms with van der Waals surface area (Å²) in [6.07, 6.45) is -3.91. The smallest absolute Gasteiger partial charge is 0.416 e. The second-order valence-corrected chi connectivity index (χ2v) is 10.5. The fourth-order valence-electron chi connectivity index (χ4n) is 6.29. The van der Waals surface area contributed by atoms with Gasteiger partial charge in [-0.1, -0.05) is 56.3 Å². The maximum absolute atomic E-state index is 14.3. The molecule has 3 N–H and O–H groups in total. The maximum Gasteiger partial charge on any atom is 0.416 e. The minimum absolute atomic E-state index is 0.0428. The Morgan fingerprint density at radius 3 is 2.12 bits per heavy atom. The first-order valence-electron chi connectivity index (χ1n) is 13.4. The number of carbonyl (C=O) groups excluding carboxylic acids is 2. The Kier molecular flexibility index (Phi) is 7.15. The fraction of sp³-hybridized carbons (Fsp3) is 0.323. The Bertz CT molecular complexity index is 1500. The van der Waals surface area contributed by atoms with E-state index in [4.69, 9.17) is 0 Å². The van der Waals surface area contributed by atoms with Crippen LogP contribution in [0.15, 0.2) is 66.7 Å². The summed E-state index contributed by atoms with van der Waals surface area (Å²) in [7, 11) is 0. The lowest BCUT2D eigenvalue weighted by molar-refractivity contribution is -0.148. The molecule has 10 heteroatoms. The second kappa shape index (κ2) is 10.3. The molecule has 0 radical (unpaired) electrons. The molecule has 41 heavy (non-hydrogen) atoms. The number of fused-ring (bicyclic) bond motifs is 1. The van der Waals surface area contributed by atoms with Crippen molar-refractivity contribution in [2.75, 3.05) is 4.90 Å². The van der Waals surface area contributed by atoms with E-state index in [1.165, 1.54) is 36.4 Å². The van der Waals surface area contributed by atoms with E-state index in [0.717, 1.165) is 28.2 Å². The van der Waals surface area contributed by atoms with Crippen molar-refractivity contribution in [3.63, 3.8) is 0 Å². The third-order valence-corrected chi connectivity index (χ3v) is 8.22. The molecule has 3 aromatic rings. The van der Waals surface area contributed by atoms with Crippen LogP contribution < -0.4 is 10.2 Å². The van der Waals surface area contributed by atoms with Crippen molar-refractivity contribution in [3.8, 4) is 5.75 Å². The summed E-state index contributed by atoms with van der Waals surface area (Å²) < 4.78 is 40.9. The van der Waals surface area contributed by atoms with Crippen molar-refractivity contribution in [1.29, 1.82) is 0 Å². The number of nitrogens with one attached hydrogen (secondary N) is 1. The largest absolute Gasteiger partial charge is 0.508 e. The van der Waals surface area contributed by atoms with Gasteiger partial charge in [0.05, 0.1) is 23.1 Å². The van der Waals surface area contributed by atoms with Gasteiger partial charge in [-0.05, 0) is 59.4 Å². The van der Waals surface area contributed by atoms with E-state index >= 15 is 0 Å². The van der Waals surface area contributed by atoms with Gasteiger partial charge in [0.2, 0.25) is 11.8 Å². The highest BCUT2D eigenvalue weighted by Crippen LogP contribution is 2.52. The lowest BCUT2D eigenvalue weighted by Crippen LogP contribution is -2.57. The number of rotatable bonds is 7. The number of aryl methyl sites for hydroxylation is 2. The van der Waals surface area contributed by atoms with E-state index < -0.39 is 52.9 Å². The highest BCUT2D eigenvalue weighted by molar-refractivity contribution is 6.25. The summed E-state index contributed by atoms with van der Waals surface area (Å²) >= 11 is 0. The van der Waals surface area contributed by atoms with Crippen molar-refractivity contribution >= 4 is 23.5 Å². The molecule has 2 fully saturated rings. The summed E-state index contributed by atoms with van der Waals surface area (Å²) in [5, 5.41) is 23.4. The van der Waals surface area contributed by atoms with Crippen LogP contribution in [-0.2, 0) is 39.8 Å². The van der Waals surface area contributed by atoms with Gasteiger partial charge in [0.15, 0.2) is 0 Å². The molecule has 2 amide bonds. The molecule has 0 aromatic heterocycles. The van der Waals surface area contributed by atoms with Crippen LogP contribution in [-0.4, -0.2) is 33.5 Å². The van der Waals surface area contributed by atoms with Crippen LogP contribution in [0.1, 0.15) is 47.7 Å². The Labute approximate surface area is 234 Å². The number of benzene rings is 3. The number of hydrogen-bond acceptors (Lipinski definition) is 5. The quantitative estimate of drug-likeness (QED) is 0.346. The maximum atomic E-state index is 14.3. The molecule has 0 bridgehead atoms. The van der Waals surface area contributed by atoms with Crippen molar-refractivity contribution in [2.24, 2.45) is 11.8 Å². The van der Waals surface area contributed by atoms with E-state index in [1.54, 1.807) is 12.1 Å². The average molecular weight is 567 g/mol. The molecule has 3 aromatic carbocycles. The fourth-order valence-corrected chi connectivity index (χ4v) is 6.29. The van der Waals surface area contributed by atoms with Gasteiger partial charge in [-0.15, -0.1) is 0 Å². The van der Waals surface area contributed by atoms with E-state index in [-0.39, 0.29) is 17.7 Å². The predicted octanol–water partition coefficient (Wildman–Crippen LogP) is 5.05. The average Bonchev–Trinajstić information content (AvgIpc) is 3.42. The predicted molar refractivity (Wildman–Crippen MR) is 144 cm³/mol. The topological polar surface area (TPSA) is 107 Å². The number of anilines is 1. The van der Waals surface area contributed by atoms with E-state index in [0.29, 0.717) is 24.1 Å². The molecule has 4 atom stereocenters. The highest BCUT2D eigenvalue weighted by Gasteiger charge is 2.69. The number of hydrogen-bond donors (Lipinski definition) is 3. The first kappa shape index (κ1) is 28.4. The molecule has 0 spiro atoms. The summed E-state index contributed by atoms with van der Waals surface area (Å²) in [6.45, 7) is 3.76. The molecule has 2 heterocycles. The Hall–Kier alpha value is -4.18. The van der Waals surface area contributed by atoms with Crippen LogP contribution in [0.3, 0.4) is 0 Å². The molecule has 0 saturated carbocycles. The second-order valence-electron chi connectivity index (χ2n) is 10.5. The van der Waals surface area contributed by atoms with Gasteiger partial charge in [-0.3, -0.25) is 19.7 Å². The molecular weight excluding hydrogens is 537 g/mol. The molecule has 2 aliphatic rings. The van der Waals surface area contributed by atoms with E-state index in [1.807, 2.05) is 19.9 Å². The number of amides is 2. The summed E-state index contributed by atoms with van der Waals surface area (Å²) in [4.78, 5) is 42.7. The Morgan fingerprint density at radius 1 is 0.951 bits per heavy atom. The van der Waals surface area contributed by atoms with Gasteiger partial charge < -0.3 is 10.2 Å². The number of carbonyl (C=O) groups is 3. The third kappa shape index (κ3) is 4.65. The zero-order valence-corrected chi connectivity index (χ0v) is 22.4. The van der Waals surface area contributed by atoms with Crippen molar-refractivity contribution in [2.45, 2.75) is 50.9 Å². The van der Waals surface area contributed by atoms with Crippen LogP contribution in [0.2, 0.25) is 0 Å². The first-order chi connectivity index (χ1) is 19.4. The number of halogens is 3. The van der Waals surface area contributed by atoms with E-state index in [2.05, 4.69) is 5.32 Å². The van der Waals surface area contributed by atoms with Crippen LogP contribution >= 0.6 is 0 Å². The minimum Gasteiger partial charge on any atom is -0.508 e. The lowest BCUT2D eigenvalue weighted by atomic mass is 9.76. The number of carboxylic acid groups (broad SMARTS) is 1. The number of para-hydroxylation sites is 1. The van der Waals surface area contributed by atoms with Crippen molar-refractivity contribution < 1.29 is 37.8 Å². The standard InChI is InChI=1S/C31H29F3N2O5/c1-3-18-7-5-8-19(4-2)26(18)36-27(38)23-24(28(36)39)30(29(40)41,16-17-11-13-22(37)14-12-17)35-25(23)20-9-6-10-21(15-20)31(32,33)34/h5-15,23-25,35,37H,3-4,16H2,1-2H3,(H,40,41). The van der Waals surface area contributed by atoms with Gasteiger partial charge in [-0.25, -0.2) is 4.90 Å². The Balaban J connectivity index is 1.71. The lowest BCUT2D eigenvalue weighted by Gasteiger charge is -2.32. The van der Waals surface area contributed by atoms with Crippen molar-refractivity contribution in [3.05, 3.63) is 94.5 Å². The number of aliphatic carboxylic acids is 1. The van der Waals surface area contributed by atoms with Gasteiger partial charge in [0, 0.05) is 12.5 Å². The molecule has 7 nitrogen and oxygen atoms in total. The molecule has 214 valence electrons. The number of imide groups is 1. The zero-order valence-electron chi connectivity index (χ0n) is 22.4. The highest BCUT2D eigenvalue weighted by atomic mass is 19.4. The molecule has 0 aliphatic carbocycles. The third-order valence-electron chi connectivity index (χ3n) is 8.22. The van der Waals surface area contributed by atoms with Gasteiger partial charge in [-0.2, -0.15) is 13.2 Å². The van der Waals surface area contributed by atoms with Crippen LogP contribution in [0.5, 0.6) is 5.75 Å². The summed E-state index contributed by atoms with van der Waals surface area (Å²) in [6, 6.07) is 14.4. The van der Waals surface area contributed by atoms with Gasteiger partial charge in [0.25, 0.3) is 0 Å². The number of aromatic hydroxyl groups is 1. The Morgan fingerprint density at radius 2 is 1.56 bits per heavy atom. The molecule has 2 aliphatic heterocycles. The monoisotopic (exact) mass is 566 g/mol. The summed E-state index contributed by atoms with van der Waals surface area (Å²) in [5.41, 5.74) is -0.570. The normalized spacial score (nSPS) is 24.1. The SMILES string of the molecule is CCc1cccc(CC)c1N1C(=O)C2C(c3cccc(C(F)(F)F)c3)NC(Cc3ccc(O)cc3)(C(=O)O)C2C1=O. The van der Waals surface area contributed by atoms with Crippen LogP contribution in [0.25, 0.3) is 0 Å². The number of carboxylic acids is 1. The number of phenols is 1.